The maximum absolute atomic E-state index is 6.38. The van der Waals surface area contributed by atoms with Crippen LogP contribution in [-0.4, -0.2) is 50.0 Å². The molecule has 0 saturated heterocycles. The average Bonchev–Trinajstić information content (AvgIpc) is 3.21. The molecule has 0 unspecified atom stereocenters. The van der Waals surface area contributed by atoms with Gasteiger partial charge in [0.2, 0.25) is 0 Å². The molecule has 0 atom stereocenters. The summed E-state index contributed by atoms with van der Waals surface area (Å²) in [5, 5.41) is 2.00. The van der Waals surface area contributed by atoms with Gasteiger partial charge in [0.1, 0.15) is 17.8 Å². The number of nitrogens with two attached hydrogens (primary N) is 1. The summed E-state index contributed by atoms with van der Waals surface area (Å²) in [6, 6.07) is 16.8. The second-order valence-electron chi connectivity index (χ2n) is 9.48. The van der Waals surface area contributed by atoms with Gasteiger partial charge in [0, 0.05) is 35.9 Å². The molecule has 2 N–H and O–H groups in total. The molecule has 0 bridgehead atoms. The summed E-state index contributed by atoms with van der Waals surface area (Å²) in [6.07, 6.45) is 7.86. The summed E-state index contributed by atoms with van der Waals surface area (Å²) < 4.78 is 2.30. The van der Waals surface area contributed by atoms with Gasteiger partial charge in [-0.25, -0.2) is 15.0 Å². The molecule has 7 heteroatoms. The number of hydrogen-bond acceptors (Lipinski definition) is 6. The van der Waals surface area contributed by atoms with Gasteiger partial charge in [0.25, 0.3) is 0 Å². The van der Waals surface area contributed by atoms with Crippen LogP contribution in [0, 0.1) is 5.92 Å². The topological polar surface area (TPSA) is 85.8 Å². The van der Waals surface area contributed by atoms with Crippen molar-refractivity contribution in [3.8, 4) is 22.5 Å². The predicted octanol–water partition coefficient (Wildman–Crippen LogP) is 4.80. The Balaban J connectivity index is 1.43. The van der Waals surface area contributed by atoms with Crippen molar-refractivity contribution in [3.05, 3.63) is 67.3 Å². The molecule has 6 rings (SSSR count). The van der Waals surface area contributed by atoms with Crippen LogP contribution in [0.15, 0.2) is 67.3 Å². The fourth-order valence-electron chi connectivity index (χ4n) is 5.14. The van der Waals surface area contributed by atoms with Crippen LogP contribution < -0.4 is 5.73 Å². The maximum atomic E-state index is 6.38. The Hall–Kier alpha value is -3.84. The number of anilines is 1. The highest BCUT2D eigenvalue weighted by Gasteiger charge is 2.32. The SMILES string of the molecule is CN(C)CC1CC(n2cc(-c3ccc4ccc(-c5ccccn5)nc4c3)c3c(N)ncnc32)C1. The van der Waals surface area contributed by atoms with Crippen LogP contribution in [0.1, 0.15) is 18.9 Å². The molecule has 1 aliphatic rings. The van der Waals surface area contributed by atoms with Crippen molar-refractivity contribution < 1.29 is 0 Å². The van der Waals surface area contributed by atoms with Gasteiger partial charge < -0.3 is 15.2 Å². The van der Waals surface area contributed by atoms with E-state index in [1.807, 2.05) is 24.3 Å². The normalized spacial score (nSPS) is 18.0. The Bertz CT molecular complexity index is 1480. The van der Waals surface area contributed by atoms with Crippen molar-refractivity contribution in [1.29, 1.82) is 0 Å². The molecule has 1 saturated carbocycles. The molecule has 0 spiro atoms. The van der Waals surface area contributed by atoms with Crippen LogP contribution in [0.2, 0.25) is 0 Å². The first-order valence-corrected chi connectivity index (χ1v) is 11.6. The largest absolute Gasteiger partial charge is 0.383 e. The van der Waals surface area contributed by atoms with Crippen LogP contribution in [0.5, 0.6) is 0 Å². The molecule has 5 aromatic rings. The van der Waals surface area contributed by atoms with E-state index >= 15 is 0 Å². The lowest BCUT2D eigenvalue weighted by atomic mass is 9.80. The molecule has 0 aliphatic heterocycles. The summed E-state index contributed by atoms with van der Waals surface area (Å²) in [4.78, 5) is 20.6. The highest BCUT2D eigenvalue weighted by atomic mass is 15.1. The Morgan fingerprint density at radius 2 is 1.85 bits per heavy atom. The van der Waals surface area contributed by atoms with Crippen LogP contribution >= 0.6 is 0 Å². The molecule has 4 heterocycles. The van der Waals surface area contributed by atoms with Gasteiger partial charge in [0.15, 0.2) is 0 Å². The Morgan fingerprint density at radius 1 is 1.00 bits per heavy atom. The molecule has 1 fully saturated rings. The summed E-state index contributed by atoms with van der Waals surface area (Å²) in [7, 11) is 4.27. The summed E-state index contributed by atoms with van der Waals surface area (Å²) in [5.74, 6) is 1.23. The van der Waals surface area contributed by atoms with Crippen molar-refractivity contribution in [3.63, 3.8) is 0 Å². The molecule has 0 radical (unpaired) electrons. The van der Waals surface area contributed by atoms with Gasteiger partial charge in [-0.15, -0.1) is 0 Å². The molecule has 0 amide bonds. The number of aromatic nitrogens is 5. The van der Waals surface area contributed by atoms with Crippen molar-refractivity contribution in [2.24, 2.45) is 5.92 Å². The highest BCUT2D eigenvalue weighted by Crippen LogP contribution is 2.43. The Labute approximate surface area is 198 Å². The molecule has 34 heavy (non-hydrogen) atoms. The van der Waals surface area contributed by atoms with Gasteiger partial charge >= 0.3 is 0 Å². The predicted molar refractivity (Wildman–Crippen MR) is 136 cm³/mol. The van der Waals surface area contributed by atoms with E-state index in [1.54, 1.807) is 12.5 Å². The van der Waals surface area contributed by atoms with E-state index < -0.39 is 0 Å². The fraction of sp³-hybridized carbons (Fsp3) is 0.259. The first kappa shape index (κ1) is 20.7. The van der Waals surface area contributed by atoms with Gasteiger partial charge in [0.05, 0.1) is 22.3 Å². The van der Waals surface area contributed by atoms with Crippen LogP contribution in [0.25, 0.3) is 44.5 Å². The Morgan fingerprint density at radius 3 is 2.65 bits per heavy atom. The number of pyridine rings is 2. The highest BCUT2D eigenvalue weighted by molar-refractivity contribution is 6.02. The van der Waals surface area contributed by atoms with Gasteiger partial charge in [-0.05, 0) is 62.7 Å². The quantitative estimate of drug-likeness (QED) is 0.415. The van der Waals surface area contributed by atoms with E-state index in [2.05, 4.69) is 69.0 Å². The van der Waals surface area contributed by atoms with E-state index in [-0.39, 0.29) is 0 Å². The first-order valence-electron chi connectivity index (χ1n) is 11.6. The van der Waals surface area contributed by atoms with Crippen LogP contribution in [0.4, 0.5) is 5.82 Å². The van der Waals surface area contributed by atoms with Gasteiger partial charge in [-0.1, -0.05) is 24.3 Å². The lowest BCUT2D eigenvalue weighted by Gasteiger charge is -2.38. The third-order valence-electron chi connectivity index (χ3n) is 6.80. The minimum Gasteiger partial charge on any atom is -0.383 e. The zero-order chi connectivity index (χ0) is 23.2. The van der Waals surface area contributed by atoms with E-state index in [4.69, 9.17) is 10.7 Å². The third kappa shape index (κ3) is 3.58. The average molecular weight is 450 g/mol. The number of fused-ring (bicyclic) bond motifs is 2. The molecule has 4 aromatic heterocycles. The molecular formula is C27H27N7. The number of nitrogen functional groups attached to an aromatic ring is 1. The molecular weight excluding hydrogens is 422 g/mol. The van der Waals surface area contributed by atoms with Gasteiger partial charge in [-0.2, -0.15) is 0 Å². The van der Waals surface area contributed by atoms with Gasteiger partial charge in [-0.3, -0.25) is 4.98 Å². The lowest BCUT2D eigenvalue weighted by molar-refractivity contribution is 0.159. The maximum Gasteiger partial charge on any atom is 0.146 e. The zero-order valence-electron chi connectivity index (χ0n) is 19.4. The number of rotatable bonds is 5. The molecule has 1 aliphatic carbocycles. The number of benzene rings is 1. The van der Waals surface area contributed by atoms with E-state index in [0.717, 1.165) is 69.8 Å². The van der Waals surface area contributed by atoms with Crippen molar-refractivity contribution >= 4 is 27.8 Å². The number of hydrogen-bond donors (Lipinski definition) is 1. The fourth-order valence-corrected chi connectivity index (χ4v) is 5.14. The standard InChI is InChI=1S/C27H27N7/c1-33(2)14-17-11-20(12-17)34-15-21(25-26(28)30-16-31-27(25)34)19-7-6-18-8-9-23(32-24(18)13-19)22-5-3-4-10-29-22/h3-10,13,15-17,20H,11-12,14H2,1-2H3,(H2,28,30,31). The van der Waals surface area contributed by atoms with E-state index in [0.29, 0.717) is 11.9 Å². The monoisotopic (exact) mass is 449 g/mol. The molecule has 7 nitrogen and oxygen atoms in total. The molecule has 1 aromatic carbocycles. The summed E-state index contributed by atoms with van der Waals surface area (Å²) in [5.41, 5.74) is 12.0. The second-order valence-corrected chi connectivity index (χ2v) is 9.48. The lowest BCUT2D eigenvalue weighted by Crippen LogP contribution is -2.33. The second kappa shape index (κ2) is 8.18. The van der Waals surface area contributed by atoms with Crippen LogP contribution in [-0.2, 0) is 0 Å². The number of nitrogens with zero attached hydrogens (tertiary/aromatic N) is 6. The smallest absolute Gasteiger partial charge is 0.146 e. The van der Waals surface area contributed by atoms with Crippen LogP contribution in [0.3, 0.4) is 0 Å². The summed E-state index contributed by atoms with van der Waals surface area (Å²) >= 11 is 0. The zero-order valence-corrected chi connectivity index (χ0v) is 19.4. The summed E-state index contributed by atoms with van der Waals surface area (Å²) in [6.45, 7) is 1.12. The van der Waals surface area contributed by atoms with Crippen molar-refractivity contribution in [2.45, 2.75) is 18.9 Å². The van der Waals surface area contributed by atoms with E-state index in [9.17, 15) is 0 Å². The van der Waals surface area contributed by atoms with Crippen molar-refractivity contribution in [1.82, 2.24) is 29.4 Å². The third-order valence-corrected chi connectivity index (χ3v) is 6.80. The van der Waals surface area contributed by atoms with Crippen molar-refractivity contribution in [2.75, 3.05) is 26.4 Å². The molecule has 170 valence electrons. The Kier molecular flexibility index (Phi) is 4.99. The minimum absolute atomic E-state index is 0.435. The van der Waals surface area contributed by atoms with E-state index in [1.165, 1.54) is 0 Å². The minimum atomic E-state index is 0.435. The first-order chi connectivity index (χ1) is 16.6.